The van der Waals surface area contributed by atoms with E-state index in [1.54, 1.807) is 11.3 Å². The van der Waals surface area contributed by atoms with Crippen molar-refractivity contribution in [1.29, 1.82) is 0 Å². The maximum absolute atomic E-state index is 13.1. The standard InChI is InChI=1S/C20H15N3OS2/c24-17(14-8-3-1-4-9-14)18(15-10-5-2-6-11-15)26-20-21-19(22-23-20)16-12-7-13-25-16/h1-13,18H,(H,21,22,23). The van der Waals surface area contributed by atoms with Crippen LogP contribution in [-0.4, -0.2) is 21.0 Å². The first-order valence-electron chi connectivity index (χ1n) is 8.08. The quantitative estimate of drug-likeness (QED) is 0.368. The van der Waals surface area contributed by atoms with E-state index in [0.717, 1.165) is 16.3 Å². The third-order valence-corrected chi connectivity index (χ3v) is 5.83. The van der Waals surface area contributed by atoms with Gasteiger partial charge in [-0.05, 0) is 17.0 Å². The van der Waals surface area contributed by atoms with Crippen LogP contribution in [0, 0.1) is 0 Å². The lowest BCUT2D eigenvalue weighted by Crippen LogP contribution is -2.10. The van der Waals surface area contributed by atoms with E-state index < -0.39 is 5.25 Å². The van der Waals surface area contributed by atoms with Crippen LogP contribution in [0.25, 0.3) is 10.7 Å². The van der Waals surface area contributed by atoms with Gasteiger partial charge in [-0.1, -0.05) is 78.5 Å². The summed E-state index contributed by atoms with van der Waals surface area (Å²) in [5, 5.41) is 9.42. The summed E-state index contributed by atoms with van der Waals surface area (Å²) in [5.41, 5.74) is 1.62. The summed E-state index contributed by atoms with van der Waals surface area (Å²) in [6, 6.07) is 23.1. The Kier molecular flexibility index (Phi) is 4.95. The summed E-state index contributed by atoms with van der Waals surface area (Å²) in [6.45, 7) is 0. The highest BCUT2D eigenvalue weighted by molar-refractivity contribution is 8.00. The number of thioether (sulfide) groups is 1. The lowest BCUT2D eigenvalue weighted by molar-refractivity contribution is 0.0989. The largest absolute Gasteiger partial charge is 0.293 e. The molecule has 0 aliphatic rings. The van der Waals surface area contributed by atoms with Crippen molar-refractivity contribution in [2.45, 2.75) is 10.4 Å². The number of nitrogens with one attached hydrogen (secondary N) is 1. The number of benzene rings is 2. The van der Waals surface area contributed by atoms with Crippen LogP contribution in [0.1, 0.15) is 21.2 Å². The van der Waals surface area contributed by atoms with E-state index in [1.807, 2.05) is 78.2 Å². The maximum Gasteiger partial charge on any atom is 0.209 e. The Morgan fingerprint density at radius 2 is 1.69 bits per heavy atom. The Bertz CT molecular complexity index is 982. The van der Waals surface area contributed by atoms with E-state index in [-0.39, 0.29) is 5.78 Å². The molecule has 0 aliphatic carbocycles. The van der Waals surface area contributed by atoms with Crippen molar-refractivity contribution < 1.29 is 4.79 Å². The number of H-pyrrole nitrogens is 1. The lowest BCUT2D eigenvalue weighted by atomic mass is 10.0. The first kappa shape index (κ1) is 16.8. The molecule has 4 nitrogen and oxygen atoms in total. The van der Waals surface area contributed by atoms with Crippen molar-refractivity contribution in [3.05, 3.63) is 89.3 Å². The highest BCUT2D eigenvalue weighted by Crippen LogP contribution is 2.37. The number of thiophene rings is 1. The Morgan fingerprint density at radius 1 is 0.962 bits per heavy atom. The van der Waals surface area contributed by atoms with Gasteiger partial charge >= 0.3 is 0 Å². The smallest absolute Gasteiger partial charge is 0.209 e. The van der Waals surface area contributed by atoms with Gasteiger partial charge in [0.05, 0.1) is 4.88 Å². The minimum absolute atomic E-state index is 0.0456. The highest BCUT2D eigenvalue weighted by atomic mass is 32.2. The molecule has 0 bridgehead atoms. The lowest BCUT2D eigenvalue weighted by Gasteiger charge is -2.14. The number of Topliss-reactive ketones (excluding diaryl/α,β-unsaturated/α-hetero) is 1. The van der Waals surface area contributed by atoms with Gasteiger partial charge in [0.25, 0.3) is 0 Å². The summed E-state index contributed by atoms with van der Waals surface area (Å²) < 4.78 is 0. The third-order valence-electron chi connectivity index (χ3n) is 3.84. The van der Waals surface area contributed by atoms with Crippen molar-refractivity contribution >= 4 is 28.9 Å². The molecule has 2 heterocycles. The van der Waals surface area contributed by atoms with Gasteiger partial charge in [-0.15, -0.1) is 16.4 Å². The molecule has 128 valence electrons. The van der Waals surface area contributed by atoms with Gasteiger partial charge < -0.3 is 0 Å². The van der Waals surface area contributed by atoms with Crippen LogP contribution in [0.5, 0.6) is 0 Å². The molecule has 26 heavy (non-hydrogen) atoms. The average Bonchev–Trinajstić information content (AvgIpc) is 3.39. The second kappa shape index (κ2) is 7.68. The van der Waals surface area contributed by atoms with Crippen LogP contribution in [0.2, 0.25) is 0 Å². The summed E-state index contributed by atoms with van der Waals surface area (Å²) in [6.07, 6.45) is 0. The Labute approximate surface area is 159 Å². The van der Waals surface area contributed by atoms with Crippen molar-refractivity contribution in [2.24, 2.45) is 0 Å². The SMILES string of the molecule is O=C(c1ccccc1)C(Sc1n[nH]c(-c2cccs2)n1)c1ccccc1. The molecule has 0 fully saturated rings. The zero-order valence-corrected chi connectivity index (χ0v) is 15.3. The number of carbonyl (C=O) groups is 1. The van der Waals surface area contributed by atoms with E-state index >= 15 is 0 Å². The molecular formula is C20H15N3OS2. The predicted octanol–water partition coefficient (Wildman–Crippen LogP) is 5.25. The van der Waals surface area contributed by atoms with Gasteiger partial charge in [0, 0.05) is 5.56 Å². The van der Waals surface area contributed by atoms with Crippen LogP contribution in [0.4, 0.5) is 0 Å². The van der Waals surface area contributed by atoms with Gasteiger partial charge in [0.1, 0.15) is 5.25 Å². The van der Waals surface area contributed by atoms with Crippen LogP contribution in [0.15, 0.2) is 83.3 Å². The Balaban J connectivity index is 1.65. The van der Waals surface area contributed by atoms with Gasteiger partial charge in [-0.2, -0.15) is 0 Å². The molecule has 0 spiro atoms. The van der Waals surface area contributed by atoms with E-state index in [4.69, 9.17) is 0 Å². The monoisotopic (exact) mass is 377 g/mol. The second-order valence-corrected chi connectivity index (χ2v) is 7.60. The van der Waals surface area contributed by atoms with Gasteiger partial charge in [-0.25, -0.2) is 4.98 Å². The molecule has 4 rings (SSSR count). The molecule has 2 aromatic carbocycles. The number of nitrogens with zero attached hydrogens (tertiary/aromatic N) is 2. The topological polar surface area (TPSA) is 58.6 Å². The molecule has 0 amide bonds. The molecule has 0 saturated heterocycles. The van der Waals surface area contributed by atoms with Gasteiger partial charge in [0.15, 0.2) is 11.6 Å². The number of carbonyl (C=O) groups excluding carboxylic acids is 1. The van der Waals surface area contributed by atoms with Gasteiger partial charge in [0.2, 0.25) is 5.16 Å². The summed E-state index contributed by atoms with van der Waals surface area (Å²) >= 11 is 2.96. The minimum Gasteiger partial charge on any atom is -0.293 e. The molecule has 0 saturated carbocycles. The van der Waals surface area contributed by atoms with Crippen molar-refractivity contribution in [3.63, 3.8) is 0 Å². The number of rotatable bonds is 6. The van der Waals surface area contributed by atoms with E-state index in [2.05, 4.69) is 15.2 Å². The number of hydrogen-bond donors (Lipinski definition) is 1. The molecule has 1 N–H and O–H groups in total. The first-order valence-corrected chi connectivity index (χ1v) is 9.84. The van der Waals surface area contributed by atoms with Crippen molar-refractivity contribution in [3.8, 4) is 10.7 Å². The number of aromatic nitrogens is 3. The molecule has 6 heteroatoms. The first-order chi connectivity index (χ1) is 12.8. The van der Waals surface area contributed by atoms with Crippen molar-refractivity contribution in [1.82, 2.24) is 15.2 Å². The fourth-order valence-electron chi connectivity index (χ4n) is 2.58. The molecule has 0 aliphatic heterocycles. The van der Waals surface area contributed by atoms with Gasteiger partial charge in [-0.3, -0.25) is 9.89 Å². The molecule has 2 aromatic heterocycles. The fourth-order valence-corrected chi connectivity index (χ4v) is 4.24. The van der Waals surface area contributed by atoms with Crippen LogP contribution in [-0.2, 0) is 0 Å². The Morgan fingerprint density at radius 3 is 2.38 bits per heavy atom. The van der Waals surface area contributed by atoms with Crippen LogP contribution < -0.4 is 0 Å². The molecule has 1 unspecified atom stereocenters. The molecule has 4 aromatic rings. The number of aromatic amines is 1. The Hall–Kier alpha value is -2.70. The second-order valence-electron chi connectivity index (χ2n) is 5.58. The minimum atomic E-state index is -0.398. The summed E-state index contributed by atoms with van der Waals surface area (Å²) in [7, 11) is 0. The number of ketones is 1. The fraction of sp³-hybridized carbons (Fsp3) is 0.0500. The average molecular weight is 377 g/mol. The zero-order valence-electron chi connectivity index (χ0n) is 13.7. The predicted molar refractivity (Wildman–Crippen MR) is 106 cm³/mol. The highest BCUT2D eigenvalue weighted by Gasteiger charge is 2.25. The van der Waals surface area contributed by atoms with Crippen LogP contribution in [0.3, 0.4) is 0 Å². The summed E-state index contributed by atoms with van der Waals surface area (Å²) in [5.74, 6) is 0.769. The van der Waals surface area contributed by atoms with Crippen molar-refractivity contribution in [2.75, 3.05) is 0 Å². The molecule has 0 radical (unpaired) electrons. The normalized spacial score (nSPS) is 12.0. The van der Waals surface area contributed by atoms with E-state index in [9.17, 15) is 4.79 Å². The molecular weight excluding hydrogens is 362 g/mol. The van der Waals surface area contributed by atoms with E-state index in [0.29, 0.717) is 10.7 Å². The summed E-state index contributed by atoms with van der Waals surface area (Å²) in [4.78, 5) is 18.7. The zero-order chi connectivity index (χ0) is 17.8. The third kappa shape index (κ3) is 3.61. The van der Waals surface area contributed by atoms with Crippen LogP contribution >= 0.6 is 23.1 Å². The maximum atomic E-state index is 13.1. The van der Waals surface area contributed by atoms with E-state index in [1.165, 1.54) is 11.8 Å². The number of hydrogen-bond acceptors (Lipinski definition) is 5. The molecule has 1 atom stereocenters.